The summed E-state index contributed by atoms with van der Waals surface area (Å²) < 4.78 is 15.0. The number of aromatic nitrogens is 1. The third-order valence-corrected chi connectivity index (χ3v) is 7.04. The third-order valence-electron chi connectivity index (χ3n) is 7.04. The molecule has 0 spiro atoms. The first-order chi connectivity index (χ1) is 17.2. The van der Waals surface area contributed by atoms with Gasteiger partial charge in [-0.1, -0.05) is 12.1 Å². The number of fused-ring (bicyclic) bond motifs is 2. The third kappa shape index (κ3) is 4.15. The molecule has 0 aliphatic carbocycles. The molecule has 2 aliphatic heterocycles. The lowest BCUT2D eigenvalue weighted by molar-refractivity contribution is 0.0782. The maximum absolute atomic E-state index is 15.0. The van der Waals surface area contributed by atoms with Crippen molar-refractivity contribution in [3.05, 3.63) is 71.7 Å². The van der Waals surface area contributed by atoms with Gasteiger partial charge in [-0.15, -0.1) is 0 Å². The molecule has 186 valence electrons. The van der Waals surface area contributed by atoms with E-state index in [1.54, 1.807) is 47.3 Å². The number of benzene rings is 2. The Hall–Kier alpha value is -3.98. The summed E-state index contributed by atoms with van der Waals surface area (Å²) in [6, 6.07) is 14.0. The van der Waals surface area contributed by atoms with E-state index in [4.69, 9.17) is 0 Å². The molecule has 3 heterocycles. The summed E-state index contributed by atoms with van der Waals surface area (Å²) in [6.45, 7) is 1.30. The summed E-state index contributed by atoms with van der Waals surface area (Å²) in [7, 11) is 7.60. The zero-order chi connectivity index (χ0) is 25.6. The summed E-state index contributed by atoms with van der Waals surface area (Å²) in [5, 5.41) is 3.02. The lowest BCUT2D eigenvalue weighted by Gasteiger charge is -2.23. The number of hydrogen-bond donors (Lipinski definition) is 1. The van der Waals surface area contributed by atoms with Crippen molar-refractivity contribution in [3.8, 4) is 0 Å². The van der Waals surface area contributed by atoms with Gasteiger partial charge in [-0.3, -0.25) is 9.59 Å². The molecule has 0 radical (unpaired) electrons. The SMILES string of the molecule is CN1C(=O)c2ccccc2N(C)c2cc(Nc3ccc(C(=O)N4CC[C@@H](N(C)C)C4)cc3F)ncc21. The Balaban J connectivity index is 1.39. The van der Waals surface area contributed by atoms with Crippen LogP contribution in [-0.2, 0) is 0 Å². The molecule has 5 rings (SSSR count). The topological polar surface area (TPSA) is 72.0 Å². The number of likely N-dealkylation sites (tertiary alicyclic amines) is 1. The number of likely N-dealkylation sites (N-methyl/N-ethyl adjacent to an activating group) is 1. The number of nitrogens with zero attached hydrogens (tertiary/aromatic N) is 5. The number of para-hydroxylation sites is 1. The fourth-order valence-corrected chi connectivity index (χ4v) is 4.82. The van der Waals surface area contributed by atoms with Gasteiger partial charge in [0.2, 0.25) is 0 Å². The second kappa shape index (κ2) is 9.23. The highest BCUT2D eigenvalue weighted by Crippen LogP contribution is 2.40. The normalized spacial score (nSPS) is 17.2. The minimum atomic E-state index is -0.535. The highest BCUT2D eigenvalue weighted by Gasteiger charge is 2.29. The molecular weight excluding hydrogens is 459 g/mol. The first-order valence-corrected chi connectivity index (χ1v) is 11.9. The van der Waals surface area contributed by atoms with Crippen LogP contribution in [0.15, 0.2) is 54.7 Å². The number of carbonyl (C=O) groups excluding carboxylic acids is 2. The predicted octanol–water partition coefficient (Wildman–Crippen LogP) is 4.10. The van der Waals surface area contributed by atoms with Crippen molar-refractivity contribution >= 4 is 40.4 Å². The number of hydrogen-bond acceptors (Lipinski definition) is 6. The van der Waals surface area contributed by atoms with E-state index in [-0.39, 0.29) is 17.5 Å². The van der Waals surface area contributed by atoms with Crippen LogP contribution in [0.25, 0.3) is 0 Å². The highest BCUT2D eigenvalue weighted by atomic mass is 19.1. The lowest BCUT2D eigenvalue weighted by Crippen LogP contribution is -2.34. The van der Waals surface area contributed by atoms with E-state index in [2.05, 4.69) is 15.2 Å². The molecule has 0 bridgehead atoms. The van der Waals surface area contributed by atoms with Gasteiger partial charge in [-0.2, -0.15) is 0 Å². The van der Waals surface area contributed by atoms with Crippen LogP contribution in [0.5, 0.6) is 0 Å². The summed E-state index contributed by atoms with van der Waals surface area (Å²) in [4.78, 5) is 37.7. The molecule has 36 heavy (non-hydrogen) atoms. The molecule has 2 aliphatic rings. The van der Waals surface area contributed by atoms with Crippen molar-refractivity contribution in [3.63, 3.8) is 0 Å². The Bertz CT molecular complexity index is 1340. The van der Waals surface area contributed by atoms with Gasteiger partial charge in [0.1, 0.15) is 11.6 Å². The van der Waals surface area contributed by atoms with E-state index in [1.807, 2.05) is 44.2 Å². The molecule has 8 nitrogen and oxygen atoms in total. The van der Waals surface area contributed by atoms with Crippen molar-refractivity contribution in [2.24, 2.45) is 0 Å². The van der Waals surface area contributed by atoms with Crippen molar-refractivity contribution < 1.29 is 14.0 Å². The van der Waals surface area contributed by atoms with Crippen molar-refractivity contribution in [2.75, 3.05) is 56.4 Å². The molecule has 3 aromatic rings. The van der Waals surface area contributed by atoms with Crippen LogP contribution in [0.3, 0.4) is 0 Å². The van der Waals surface area contributed by atoms with Crippen LogP contribution in [0.1, 0.15) is 27.1 Å². The maximum atomic E-state index is 15.0. The van der Waals surface area contributed by atoms with E-state index in [9.17, 15) is 9.59 Å². The second-order valence-electron chi connectivity index (χ2n) is 9.48. The molecule has 2 aromatic carbocycles. The molecule has 1 N–H and O–H groups in total. The van der Waals surface area contributed by atoms with E-state index in [1.165, 1.54) is 6.07 Å². The number of carbonyl (C=O) groups is 2. The maximum Gasteiger partial charge on any atom is 0.260 e. The van der Waals surface area contributed by atoms with Gasteiger partial charge in [0.05, 0.1) is 34.5 Å². The minimum Gasteiger partial charge on any atom is -0.342 e. The molecule has 0 unspecified atom stereocenters. The Kier molecular flexibility index (Phi) is 6.09. The lowest BCUT2D eigenvalue weighted by atomic mass is 10.1. The fourth-order valence-electron chi connectivity index (χ4n) is 4.82. The first kappa shape index (κ1) is 23.7. The van der Waals surface area contributed by atoms with Crippen LogP contribution in [-0.4, -0.2) is 73.9 Å². The van der Waals surface area contributed by atoms with Gasteiger partial charge >= 0.3 is 0 Å². The average molecular weight is 489 g/mol. The molecule has 1 atom stereocenters. The van der Waals surface area contributed by atoms with E-state index in [0.29, 0.717) is 41.8 Å². The number of rotatable bonds is 4. The molecule has 1 aromatic heterocycles. The quantitative estimate of drug-likeness (QED) is 0.596. The van der Waals surface area contributed by atoms with E-state index in [0.717, 1.165) is 17.8 Å². The van der Waals surface area contributed by atoms with Gasteiger partial charge in [0, 0.05) is 44.9 Å². The monoisotopic (exact) mass is 488 g/mol. The van der Waals surface area contributed by atoms with Crippen LogP contribution >= 0.6 is 0 Å². The Morgan fingerprint density at radius 2 is 1.83 bits per heavy atom. The van der Waals surface area contributed by atoms with Gasteiger partial charge < -0.3 is 24.9 Å². The largest absolute Gasteiger partial charge is 0.342 e. The van der Waals surface area contributed by atoms with Gasteiger partial charge in [0.15, 0.2) is 0 Å². The van der Waals surface area contributed by atoms with Crippen LogP contribution in [0.4, 0.5) is 33.0 Å². The summed E-state index contributed by atoms with van der Waals surface area (Å²) >= 11 is 0. The zero-order valence-corrected chi connectivity index (χ0v) is 20.8. The molecule has 0 saturated carbocycles. The minimum absolute atomic E-state index is 0.125. The number of halogens is 1. The molecular formula is C27H29FN6O2. The number of pyridine rings is 1. The average Bonchev–Trinajstić information content (AvgIpc) is 3.36. The van der Waals surface area contributed by atoms with Crippen molar-refractivity contribution in [1.82, 2.24) is 14.8 Å². The molecule has 1 saturated heterocycles. The van der Waals surface area contributed by atoms with E-state index >= 15 is 4.39 Å². The van der Waals surface area contributed by atoms with Crippen LogP contribution < -0.4 is 15.1 Å². The second-order valence-corrected chi connectivity index (χ2v) is 9.48. The van der Waals surface area contributed by atoms with E-state index < -0.39 is 5.82 Å². The molecule has 1 fully saturated rings. The predicted molar refractivity (Wildman–Crippen MR) is 139 cm³/mol. The smallest absolute Gasteiger partial charge is 0.260 e. The molecule has 2 amide bonds. The van der Waals surface area contributed by atoms with Crippen LogP contribution in [0, 0.1) is 5.82 Å². The Labute approximate surface area is 209 Å². The number of nitrogens with one attached hydrogen (secondary N) is 1. The Morgan fingerprint density at radius 3 is 2.56 bits per heavy atom. The summed E-state index contributed by atoms with van der Waals surface area (Å²) in [5.41, 5.74) is 3.31. The van der Waals surface area contributed by atoms with Crippen molar-refractivity contribution in [1.29, 1.82) is 0 Å². The van der Waals surface area contributed by atoms with Gasteiger partial charge in [-0.25, -0.2) is 9.37 Å². The summed E-state index contributed by atoms with van der Waals surface area (Å²) in [6.07, 6.45) is 2.51. The van der Waals surface area contributed by atoms with Gasteiger partial charge in [-0.05, 0) is 50.8 Å². The fraction of sp³-hybridized carbons (Fsp3) is 0.296. The number of anilines is 5. The number of amides is 2. The van der Waals surface area contributed by atoms with Crippen LogP contribution in [0.2, 0.25) is 0 Å². The van der Waals surface area contributed by atoms with Crippen molar-refractivity contribution in [2.45, 2.75) is 12.5 Å². The Morgan fingerprint density at radius 1 is 1.06 bits per heavy atom. The summed E-state index contributed by atoms with van der Waals surface area (Å²) in [5.74, 6) is -0.403. The standard InChI is InChI=1S/C27H29FN6O2/c1-31(2)18-11-12-34(16-18)26(35)17-9-10-21(20(28)13-17)30-25-14-23-24(15-29-25)33(4)27(36)19-7-5-6-8-22(19)32(23)3/h5-10,13-15,18H,11-12,16H2,1-4H3,(H,29,30)/t18-/m1/s1. The molecule has 9 heteroatoms. The highest BCUT2D eigenvalue weighted by molar-refractivity contribution is 6.13. The zero-order valence-electron chi connectivity index (χ0n) is 20.8. The first-order valence-electron chi connectivity index (χ1n) is 11.9. The van der Waals surface area contributed by atoms with Gasteiger partial charge in [0.25, 0.3) is 11.8 Å².